The Bertz CT molecular complexity index is 830. The summed E-state index contributed by atoms with van der Waals surface area (Å²) in [6.45, 7) is 4.87. The first-order valence-corrected chi connectivity index (χ1v) is 9.00. The number of benzene rings is 1. The van der Waals surface area contributed by atoms with Crippen LogP contribution in [0.1, 0.15) is 42.6 Å². The Morgan fingerprint density at radius 1 is 1.23 bits per heavy atom. The highest BCUT2D eigenvalue weighted by molar-refractivity contribution is 6.00. The van der Waals surface area contributed by atoms with Gasteiger partial charge < -0.3 is 14.3 Å². The van der Waals surface area contributed by atoms with Crippen LogP contribution in [0.5, 0.6) is 0 Å². The molecule has 0 aliphatic carbocycles. The van der Waals surface area contributed by atoms with E-state index in [0.29, 0.717) is 24.8 Å². The van der Waals surface area contributed by atoms with Gasteiger partial charge in [0.1, 0.15) is 6.04 Å². The van der Waals surface area contributed by atoms with Gasteiger partial charge in [-0.15, -0.1) is 0 Å². The molecule has 0 spiro atoms. The molecule has 2 aliphatic rings. The molecule has 0 bridgehead atoms. The van der Waals surface area contributed by atoms with Crippen molar-refractivity contribution >= 4 is 17.5 Å². The van der Waals surface area contributed by atoms with Crippen molar-refractivity contribution in [1.29, 1.82) is 0 Å². The average Bonchev–Trinajstić information content (AvgIpc) is 3.34. The zero-order valence-corrected chi connectivity index (χ0v) is 15.0. The highest BCUT2D eigenvalue weighted by atomic mass is 16.5. The highest BCUT2D eigenvalue weighted by Crippen LogP contribution is 2.34. The number of aryl methyl sites for hydroxylation is 2. The van der Waals surface area contributed by atoms with Crippen molar-refractivity contribution in [2.24, 2.45) is 5.92 Å². The summed E-state index contributed by atoms with van der Waals surface area (Å²) in [5.41, 5.74) is 1.99. The number of aromatic nitrogens is 2. The van der Waals surface area contributed by atoms with Crippen molar-refractivity contribution in [3.63, 3.8) is 0 Å². The quantitative estimate of drug-likeness (QED) is 0.846. The number of hydrogen-bond acceptors (Lipinski definition) is 5. The minimum atomic E-state index is -0.326. The molecular formula is C19H22N4O3. The van der Waals surface area contributed by atoms with E-state index >= 15 is 0 Å². The van der Waals surface area contributed by atoms with Gasteiger partial charge in [0.2, 0.25) is 17.7 Å². The third-order valence-corrected chi connectivity index (χ3v) is 5.18. The predicted octanol–water partition coefficient (Wildman–Crippen LogP) is 2.40. The summed E-state index contributed by atoms with van der Waals surface area (Å²) in [6.07, 6.45) is 1.97. The van der Waals surface area contributed by atoms with Gasteiger partial charge in [-0.3, -0.25) is 9.59 Å². The average molecular weight is 354 g/mol. The highest BCUT2D eigenvalue weighted by Gasteiger charge is 2.42. The van der Waals surface area contributed by atoms with Crippen LogP contribution in [0.2, 0.25) is 0 Å². The van der Waals surface area contributed by atoms with Crippen LogP contribution in [0.4, 0.5) is 5.69 Å². The fourth-order valence-electron chi connectivity index (χ4n) is 3.82. The van der Waals surface area contributed by atoms with E-state index in [1.54, 1.807) is 11.8 Å². The lowest BCUT2D eigenvalue weighted by molar-refractivity contribution is -0.137. The van der Waals surface area contributed by atoms with Gasteiger partial charge in [-0.2, -0.15) is 4.98 Å². The van der Waals surface area contributed by atoms with E-state index < -0.39 is 0 Å². The van der Waals surface area contributed by atoms with E-state index in [1.807, 2.05) is 36.1 Å². The smallest absolute Gasteiger partial charge is 0.249 e. The number of nitrogens with zero attached hydrogens (tertiary/aromatic N) is 4. The zero-order valence-electron chi connectivity index (χ0n) is 15.0. The molecule has 0 saturated carbocycles. The van der Waals surface area contributed by atoms with Crippen molar-refractivity contribution in [1.82, 2.24) is 15.0 Å². The summed E-state index contributed by atoms with van der Waals surface area (Å²) in [5, 5.41) is 3.84. The van der Waals surface area contributed by atoms with Crippen molar-refractivity contribution in [3.05, 3.63) is 41.5 Å². The van der Waals surface area contributed by atoms with E-state index in [0.717, 1.165) is 24.1 Å². The first-order chi connectivity index (χ1) is 12.5. The predicted molar refractivity (Wildman–Crippen MR) is 94.4 cm³/mol. The molecule has 7 heteroatoms. The van der Waals surface area contributed by atoms with Crippen molar-refractivity contribution in [3.8, 4) is 0 Å². The zero-order chi connectivity index (χ0) is 18.3. The molecule has 7 nitrogen and oxygen atoms in total. The first-order valence-electron chi connectivity index (χ1n) is 9.00. The second-order valence-corrected chi connectivity index (χ2v) is 7.11. The summed E-state index contributed by atoms with van der Waals surface area (Å²) >= 11 is 0. The second kappa shape index (κ2) is 6.55. The van der Waals surface area contributed by atoms with Gasteiger partial charge in [-0.1, -0.05) is 22.9 Å². The molecule has 2 saturated heterocycles. The summed E-state index contributed by atoms with van der Waals surface area (Å²) < 4.78 is 5.28. The molecule has 2 fully saturated rings. The van der Waals surface area contributed by atoms with Crippen molar-refractivity contribution < 1.29 is 14.1 Å². The Kier molecular flexibility index (Phi) is 4.22. The number of hydrogen-bond donors (Lipinski definition) is 0. The maximum Gasteiger partial charge on any atom is 0.249 e. The van der Waals surface area contributed by atoms with Crippen LogP contribution >= 0.6 is 0 Å². The number of likely N-dealkylation sites (tertiary alicyclic amines) is 1. The number of rotatable bonds is 3. The molecule has 1 aromatic heterocycles. The minimum absolute atomic E-state index is 0.00316. The molecule has 2 aliphatic heterocycles. The molecule has 1 aromatic carbocycles. The van der Waals surface area contributed by atoms with Gasteiger partial charge in [0, 0.05) is 25.2 Å². The SMILES string of the molecule is Cc1ccc(N2CC(C(=O)N3CCCC3c3nc(C)no3)CC2=O)cc1. The molecule has 4 rings (SSSR count). The maximum absolute atomic E-state index is 13.1. The van der Waals surface area contributed by atoms with E-state index in [-0.39, 0.29) is 30.2 Å². The lowest BCUT2D eigenvalue weighted by atomic mass is 10.1. The van der Waals surface area contributed by atoms with Crippen LogP contribution in [0.3, 0.4) is 0 Å². The second-order valence-electron chi connectivity index (χ2n) is 7.11. The van der Waals surface area contributed by atoms with E-state index in [1.165, 1.54) is 0 Å². The van der Waals surface area contributed by atoms with Crippen LogP contribution in [0.15, 0.2) is 28.8 Å². The third kappa shape index (κ3) is 2.98. The molecule has 2 atom stereocenters. The van der Waals surface area contributed by atoms with E-state index in [4.69, 9.17) is 4.52 Å². The van der Waals surface area contributed by atoms with Gasteiger partial charge in [-0.05, 0) is 38.8 Å². The summed E-state index contributed by atoms with van der Waals surface area (Å²) in [6, 6.07) is 7.64. The minimum Gasteiger partial charge on any atom is -0.337 e. The standard InChI is InChI=1S/C19H22N4O3/c1-12-5-7-15(8-6-12)23-11-14(10-17(23)24)19(25)22-9-3-4-16(22)18-20-13(2)21-26-18/h5-8,14,16H,3-4,9-11H2,1-2H3. The van der Waals surface area contributed by atoms with Crippen LogP contribution in [0.25, 0.3) is 0 Å². The Morgan fingerprint density at radius 3 is 2.69 bits per heavy atom. The number of carbonyl (C=O) groups is 2. The molecule has 0 N–H and O–H groups in total. The van der Waals surface area contributed by atoms with Crippen LogP contribution in [0, 0.1) is 19.8 Å². The normalized spacial score (nSPS) is 23.1. The molecule has 2 aromatic rings. The largest absolute Gasteiger partial charge is 0.337 e. The molecule has 136 valence electrons. The Labute approximate surface area is 152 Å². The van der Waals surface area contributed by atoms with E-state index in [9.17, 15) is 9.59 Å². The lowest BCUT2D eigenvalue weighted by Crippen LogP contribution is -2.37. The first kappa shape index (κ1) is 16.8. The molecule has 2 amide bonds. The van der Waals surface area contributed by atoms with Gasteiger partial charge in [0.15, 0.2) is 5.82 Å². The topological polar surface area (TPSA) is 79.5 Å². The Morgan fingerprint density at radius 2 is 2.00 bits per heavy atom. The van der Waals surface area contributed by atoms with Crippen LogP contribution in [-0.4, -0.2) is 39.9 Å². The molecule has 0 radical (unpaired) electrons. The Hall–Kier alpha value is -2.70. The molecule has 2 unspecified atom stereocenters. The number of carbonyl (C=O) groups excluding carboxylic acids is 2. The fraction of sp³-hybridized carbons (Fsp3) is 0.474. The molecular weight excluding hydrogens is 332 g/mol. The van der Waals surface area contributed by atoms with Crippen molar-refractivity contribution in [2.75, 3.05) is 18.0 Å². The van der Waals surface area contributed by atoms with Crippen molar-refractivity contribution in [2.45, 2.75) is 39.2 Å². The summed E-state index contributed by atoms with van der Waals surface area (Å²) in [4.78, 5) is 33.3. The van der Waals surface area contributed by atoms with E-state index in [2.05, 4.69) is 10.1 Å². The Balaban J connectivity index is 1.50. The summed E-state index contributed by atoms with van der Waals surface area (Å²) in [7, 11) is 0. The molecule has 3 heterocycles. The van der Waals surface area contributed by atoms with Gasteiger partial charge in [0.05, 0.1) is 5.92 Å². The van der Waals surface area contributed by atoms with Gasteiger partial charge in [0.25, 0.3) is 0 Å². The monoisotopic (exact) mass is 354 g/mol. The van der Waals surface area contributed by atoms with Crippen LogP contribution in [-0.2, 0) is 9.59 Å². The van der Waals surface area contributed by atoms with Crippen LogP contribution < -0.4 is 4.90 Å². The fourth-order valence-corrected chi connectivity index (χ4v) is 3.82. The lowest BCUT2D eigenvalue weighted by Gasteiger charge is -2.25. The number of anilines is 1. The van der Waals surface area contributed by atoms with Gasteiger partial charge >= 0.3 is 0 Å². The third-order valence-electron chi connectivity index (χ3n) is 5.18. The number of amides is 2. The van der Waals surface area contributed by atoms with Gasteiger partial charge in [-0.25, -0.2) is 0 Å². The maximum atomic E-state index is 13.1. The molecule has 26 heavy (non-hydrogen) atoms. The summed E-state index contributed by atoms with van der Waals surface area (Å²) in [5.74, 6) is 0.741.